The molecule has 1 unspecified atom stereocenters. The van der Waals surface area contributed by atoms with Crippen LogP contribution in [0, 0.1) is 5.41 Å². The molecule has 2 rings (SSSR count). The number of hydrogen-bond acceptors (Lipinski definition) is 1. The van der Waals surface area contributed by atoms with Crippen molar-refractivity contribution in [3.63, 3.8) is 0 Å². The third kappa shape index (κ3) is 0.739. The zero-order chi connectivity index (χ0) is 7.90. The van der Waals surface area contributed by atoms with Gasteiger partial charge in [0.25, 0.3) is 0 Å². The Morgan fingerprint density at radius 3 is 2.73 bits per heavy atom. The van der Waals surface area contributed by atoms with Gasteiger partial charge in [0.1, 0.15) is 0 Å². The summed E-state index contributed by atoms with van der Waals surface area (Å²) in [5.74, 6) is 0.0940. The van der Waals surface area contributed by atoms with Crippen molar-refractivity contribution in [1.29, 1.82) is 0 Å². The van der Waals surface area contributed by atoms with Crippen molar-refractivity contribution >= 4 is 5.78 Å². The molecule has 1 heteroatoms. The molecule has 0 bridgehead atoms. The molecule has 11 heavy (non-hydrogen) atoms. The fraction of sp³-hybridized carbons (Fsp3) is 0.300. The smallest absolute Gasteiger partial charge is 0.182 e. The minimum atomic E-state index is -0.0862. The second-order valence-electron chi connectivity index (χ2n) is 3.16. The summed E-state index contributed by atoms with van der Waals surface area (Å²) in [7, 11) is 0. The molecular weight excluding hydrogens is 136 g/mol. The molecule has 0 saturated heterocycles. The highest BCUT2D eigenvalue weighted by Gasteiger charge is 2.36. The predicted molar refractivity (Wildman–Crippen MR) is 44.1 cm³/mol. The van der Waals surface area contributed by atoms with Crippen LogP contribution < -0.4 is 0 Å². The fourth-order valence-electron chi connectivity index (χ4n) is 1.74. The lowest BCUT2D eigenvalue weighted by molar-refractivity contribution is -0.111. The van der Waals surface area contributed by atoms with Crippen LogP contribution in [0.25, 0.3) is 0 Å². The van der Waals surface area contributed by atoms with Crippen molar-refractivity contribution in [1.82, 2.24) is 0 Å². The summed E-state index contributed by atoms with van der Waals surface area (Å²) in [6, 6.07) is 0. The van der Waals surface area contributed by atoms with E-state index in [1.54, 1.807) is 6.08 Å². The standard InChI is InChI=1S/C10H10O/c1-8-9(11)4-7-10(8)5-2-3-6-10/h2,4-5,7H,1,3,6H2. The van der Waals surface area contributed by atoms with E-state index in [1.807, 2.05) is 6.08 Å². The molecule has 2 aliphatic rings. The van der Waals surface area contributed by atoms with Crippen molar-refractivity contribution in [2.24, 2.45) is 5.41 Å². The first-order valence-electron chi connectivity index (χ1n) is 3.85. The molecule has 0 aromatic carbocycles. The molecule has 1 nitrogen and oxygen atoms in total. The molecule has 0 aromatic heterocycles. The lowest BCUT2D eigenvalue weighted by Gasteiger charge is -2.18. The topological polar surface area (TPSA) is 17.1 Å². The number of allylic oxidation sites excluding steroid dienone is 5. The summed E-state index contributed by atoms with van der Waals surface area (Å²) >= 11 is 0. The Hall–Kier alpha value is -1.11. The summed E-state index contributed by atoms with van der Waals surface area (Å²) in [4.78, 5) is 11.1. The number of ketones is 1. The average molecular weight is 146 g/mol. The van der Waals surface area contributed by atoms with Crippen LogP contribution in [0.4, 0.5) is 0 Å². The van der Waals surface area contributed by atoms with Crippen molar-refractivity contribution in [3.05, 3.63) is 36.5 Å². The SMILES string of the molecule is C=C1C(=O)C=CC12C=CCC2. The molecule has 0 aliphatic heterocycles. The zero-order valence-corrected chi connectivity index (χ0v) is 6.34. The van der Waals surface area contributed by atoms with Gasteiger partial charge in [-0.05, 0) is 18.9 Å². The normalized spacial score (nSPS) is 34.5. The Morgan fingerprint density at radius 1 is 1.45 bits per heavy atom. The summed E-state index contributed by atoms with van der Waals surface area (Å²) in [5, 5.41) is 0. The molecule has 0 radical (unpaired) electrons. The van der Waals surface area contributed by atoms with Gasteiger partial charge in [-0.25, -0.2) is 0 Å². The Bertz CT molecular complexity index is 283. The number of carbonyl (C=O) groups is 1. The van der Waals surface area contributed by atoms with Crippen LogP contribution in [-0.4, -0.2) is 5.78 Å². The average Bonchev–Trinajstić information content (AvgIpc) is 2.56. The van der Waals surface area contributed by atoms with Gasteiger partial charge in [0.05, 0.1) is 0 Å². The first-order valence-corrected chi connectivity index (χ1v) is 3.85. The van der Waals surface area contributed by atoms with Crippen molar-refractivity contribution in [3.8, 4) is 0 Å². The van der Waals surface area contributed by atoms with Crippen LogP contribution in [-0.2, 0) is 4.79 Å². The zero-order valence-electron chi connectivity index (χ0n) is 6.34. The van der Waals surface area contributed by atoms with Crippen LogP contribution in [0.3, 0.4) is 0 Å². The second kappa shape index (κ2) is 1.94. The Balaban J connectivity index is 2.42. The maximum absolute atomic E-state index is 11.1. The van der Waals surface area contributed by atoms with Gasteiger partial charge in [-0.2, -0.15) is 0 Å². The molecule has 0 fully saturated rings. The van der Waals surface area contributed by atoms with E-state index in [0.717, 1.165) is 18.4 Å². The van der Waals surface area contributed by atoms with E-state index in [1.165, 1.54) is 0 Å². The minimum absolute atomic E-state index is 0.0862. The fourth-order valence-corrected chi connectivity index (χ4v) is 1.74. The number of hydrogen-bond donors (Lipinski definition) is 0. The van der Waals surface area contributed by atoms with Gasteiger partial charge < -0.3 is 0 Å². The van der Waals surface area contributed by atoms with Crippen LogP contribution in [0.1, 0.15) is 12.8 Å². The molecular formula is C10H10O. The van der Waals surface area contributed by atoms with Gasteiger partial charge in [0, 0.05) is 11.0 Å². The van der Waals surface area contributed by atoms with Crippen molar-refractivity contribution < 1.29 is 4.79 Å². The highest BCUT2D eigenvalue weighted by molar-refractivity contribution is 6.08. The number of rotatable bonds is 0. The van der Waals surface area contributed by atoms with E-state index in [0.29, 0.717) is 0 Å². The van der Waals surface area contributed by atoms with E-state index in [9.17, 15) is 4.79 Å². The van der Waals surface area contributed by atoms with Gasteiger partial charge in [0.2, 0.25) is 0 Å². The molecule has 56 valence electrons. The first-order chi connectivity index (χ1) is 5.25. The Morgan fingerprint density at radius 2 is 2.27 bits per heavy atom. The minimum Gasteiger partial charge on any atom is -0.290 e. The maximum atomic E-state index is 11.1. The van der Waals surface area contributed by atoms with Gasteiger partial charge in [-0.1, -0.05) is 24.8 Å². The van der Waals surface area contributed by atoms with E-state index in [2.05, 4.69) is 18.7 Å². The molecule has 0 amide bonds. The number of carbonyl (C=O) groups excluding carboxylic acids is 1. The molecule has 1 spiro atoms. The van der Waals surface area contributed by atoms with Crippen LogP contribution >= 0.6 is 0 Å². The van der Waals surface area contributed by atoms with E-state index < -0.39 is 0 Å². The van der Waals surface area contributed by atoms with Crippen LogP contribution in [0.15, 0.2) is 36.5 Å². The Labute approximate surface area is 66.1 Å². The summed E-state index contributed by atoms with van der Waals surface area (Å²) in [5.41, 5.74) is 0.656. The summed E-state index contributed by atoms with van der Waals surface area (Å²) in [6.45, 7) is 3.81. The van der Waals surface area contributed by atoms with Gasteiger partial charge in [-0.3, -0.25) is 4.79 Å². The van der Waals surface area contributed by atoms with Crippen molar-refractivity contribution in [2.75, 3.05) is 0 Å². The Kier molecular flexibility index (Phi) is 1.16. The quantitative estimate of drug-likeness (QED) is 0.377. The summed E-state index contributed by atoms with van der Waals surface area (Å²) in [6.07, 6.45) is 9.91. The van der Waals surface area contributed by atoms with Crippen LogP contribution in [0.5, 0.6) is 0 Å². The van der Waals surface area contributed by atoms with E-state index >= 15 is 0 Å². The molecule has 0 heterocycles. The third-order valence-corrected chi connectivity index (χ3v) is 2.53. The molecule has 0 aromatic rings. The lowest BCUT2D eigenvalue weighted by atomic mass is 9.83. The lowest BCUT2D eigenvalue weighted by Crippen LogP contribution is -2.13. The highest BCUT2D eigenvalue weighted by atomic mass is 16.1. The molecule has 0 N–H and O–H groups in total. The van der Waals surface area contributed by atoms with E-state index in [-0.39, 0.29) is 11.2 Å². The van der Waals surface area contributed by atoms with Crippen molar-refractivity contribution in [2.45, 2.75) is 12.8 Å². The first kappa shape index (κ1) is 6.59. The van der Waals surface area contributed by atoms with E-state index in [4.69, 9.17) is 0 Å². The maximum Gasteiger partial charge on any atom is 0.182 e. The van der Waals surface area contributed by atoms with Crippen LogP contribution in [0.2, 0.25) is 0 Å². The molecule has 0 saturated carbocycles. The van der Waals surface area contributed by atoms with Gasteiger partial charge in [0.15, 0.2) is 5.78 Å². The van der Waals surface area contributed by atoms with Gasteiger partial charge in [-0.15, -0.1) is 0 Å². The monoisotopic (exact) mass is 146 g/mol. The predicted octanol–water partition coefficient (Wildman–Crippen LogP) is 2.02. The third-order valence-electron chi connectivity index (χ3n) is 2.53. The second-order valence-corrected chi connectivity index (χ2v) is 3.16. The summed E-state index contributed by atoms with van der Waals surface area (Å²) < 4.78 is 0. The molecule has 1 atom stereocenters. The van der Waals surface area contributed by atoms with Gasteiger partial charge >= 0.3 is 0 Å². The highest BCUT2D eigenvalue weighted by Crippen LogP contribution is 2.43. The largest absolute Gasteiger partial charge is 0.290 e. The molecule has 2 aliphatic carbocycles.